The first-order valence-electron chi connectivity index (χ1n) is 15.4. The summed E-state index contributed by atoms with van der Waals surface area (Å²) in [6.45, 7) is 0.0114. The molecule has 0 aromatic heterocycles. The molecule has 314 valence electrons. The van der Waals surface area contributed by atoms with Crippen LogP contribution in [-0.2, 0) is 59.6 Å². The van der Waals surface area contributed by atoms with Crippen LogP contribution in [0.3, 0.4) is 0 Å². The molecule has 0 radical (unpaired) electrons. The van der Waals surface area contributed by atoms with Crippen LogP contribution in [0.4, 0.5) is 28.4 Å². The summed E-state index contributed by atoms with van der Waals surface area (Å²) in [6.07, 6.45) is 0. The summed E-state index contributed by atoms with van der Waals surface area (Å²) in [5.74, 6) is -4.50. The van der Waals surface area contributed by atoms with Crippen molar-refractivity contribution >= 4 is 106 Å². The van der Waals surface area contributed by atoms with Gasteiger partial charge in [-0.15, -0.1) is 15.3 Å². The van der Waals surface area contributed by atoms with Gasteiger partial charge in [0.1, 0.15) is 32.6 Å². The minimum Gasteiger partial charge on any atom is -0.506 e. The van der Waals surface area contributed by atoms with Crippen LogP contribution < -0.4 is 5.32 Å². The molecule has 0 saturated carbocycles. The first kappa shape index (κ1) is 44.3. The van der Waals surface area contributed by atoms with Gasteiger partial charge in [-0.3, -0.25) is 23.0 Å². The van der Waals surface area contributed by atoms with Crippen LogP contribution in [0.2, 0.25) is 0 Å². The number of carbonyl (C=O) groups is 1. The van der Waals surface area contributed by atoms with Gasteiger partial charge in [0.25, 0.3) is 30.4 Å². The minimum atomic E-state index is -5.29. The number of anilines is 1. The molecule has 5 rings (SSSR count). The number of hydrogen-bond donors (Lipinski definition) is 8. The summed E-state index contributed by atoms with van der Waals surface area (Å²) >= 11 is 0. The van der Waals surface area contributed by atoms with Crippen molar-refractivity contribution in [2.75, 3.05) is 17.7 Å². The third-order valence-corrected chi connectivity index (χ3v) is 12.4. The minimum absolute atomic E-state index is 0.202. The van der Waals surface area contributed by atoms with Crippen LogP contribution >= 0.6 is 0 Å². The monoisotopic (exact) mass is 919 g/mol. The van der Waals surface area contributed by atoms with Crippen LogP contribution in [0, 0.1) is 0 Å². The molecule has 0 bridgehead atoms. The molecule has 24 nitrogen and oxygen atoms in total. The molecule has 59 heavy (non-hydrogen) atoms. The van der Waals surface area contributed by atoms with Crippen molar-refractivity contribution in [1.29, 1.82) is 0 Å². The molecule has 0 fully saturated rings. The Bertz CT molecular complexity index is 3250. The van der Waals surface area contributed by atoms with Gasteiger partial charge >= 0.3 is 10.4 Å². The number of nitrogens with zero attached hydrogens (tertiary/aromatic N) is 4. The smallest absolute Gasteiger partial charge is 0.397 e. The molecular weight excluding hydrogens is 895 g/mol. The number of phenols is 3. The van der Waals surface area contributed by atoms with Crippen molar-refractivity contribution in [3.05, 3.63) is 60.7 Å². The Morgan fingerprint density at radius 1 is 0.644 bits per heavy atom. The second-order valence-corrected chi connectivity index (χ2v) is 19.2. The third-order valence-electron chi connectivity index (χ3n) is 7.74. The van der Waals surface area contributed by atoms with Gasteiger partial charge in [-0.1, -0.05) is 0 Å². The lowest BCUT2D eigenvalue weighted by Crippen LogP contribution is -2.15. The highest BCUT2D eigenvalue weighted by Gasteiger charge is 2.27. The number of azo groups is 2. The number of nitrogens with one attached hydrogen (secondary N) is 1. The average molecular weight is 920 g/mol. The molecule has 0 aliphatic carbocycles. The number of carbonyl (C=O) groups excluding carboxylic acids is 1. The molecule has 0 spiro atoms. The van der Waals surface area contributed by atoms with Crippen molar-refractivity contribution < 1.29 is 84.6 Å². The van der Waals surface area contributed by atoms with E-state index in [2.05, 4.69) is 30.0 Å². The zero-order valence-corrected chi connectivity index (χ0v) is 33.1. The number of aromatic hydroxyl groups is 3. The SMILES string of the molecule is CC(=O)Nc1cc(S(=O)(=O)O)cc2cc(S(=O)(=O)O)c(/N=N/c3ccc4c(O)c(/N=N/c5cc(S(=O)(=O)CCOS(=O)(=O)O)ccc5O)c(S(=O)(=O)O)cc4c3)c(O)c12. The number of sulfone groups is 1. The lowest BCUT2D eigenvalue weighted by molar-refractivity contribution is -0.114. The van der Waals surface area contributed by atoms with Gasteiger partial charge in [0.15, 0.2) is 21.3 Å². The Morgan fingerprint density at radius 3 is 1.81 bits per heavy atom. The van der Waals surface area contributed by atoms with E-state index < -0.39 is 139 Å². The van der Waals surface area contributed by atoms with Gasteiger partial charge < -0.3 is 20.6 Å². The predicted octanol–water partition coefficient (Wildman–Crippen LogP) is 4.23. The highest BCUT2D eigenvalue weighted by molar-refractivity contribution is 7.91. The molecule has 0 aliphatic rings. The Labute approximate surface area is 332 Å². The van der Waals surface area contributed by atoms with Gasteiger partial charge in [-0.2, -0.15) is 38.8 Å². The molecule has 5 aromatic carbocycles. The molecule has 0 heterocycles. The first-order chi connectivity index (χ1) is 27.1. The molecule has 5 aromatic rings. The van der Waals surface area contributed by atoms with E-state index in [4.69, 9.17) is 4.55 Å². The van der Waals surface area contributed by atoms with Crippen LogP contribution in [0.25, 0.3) is 21.5 Å². The van der Waals surface area contributed by atoms with Gasteiger partial charge in [0, 0.05) is 17.7 Å². The van der Waals surface area contributed by atoms with E-state index in [1.807, 2.05) is 0 Å². The molecule has 0 unspecified atom stereocenters. The Hall–Kier alpha value is -5.76. The Kier molecular flexibility index (Phi) is 11.9. The number of fused-ring (bicyclic) bond motifs is 2. The first-order valence-corrected chi connectivity index (χ1v) is 22.7. The number of hydrogen-bond acceptors (Lipinski definition) is 19. The maximum atomic E-state index is 12.6. The highest BCUT2D eigenvalue weighted by Crippen LogP contribution is 2.46. The fourth-order valence-corrected chi connectivity index (χ4v) is 8.60. The molecular formula is C30H25N5O19S5. The summed E-state index contributed by atoms with van der Waals surface area (Å²) in [5.41, 5.74) is -3.20. The van der Waals surface area contributed by atoms with Gasteiger partial charge in [-0.05, 0) is 71.4 Å². The van der Waals surface area contributed by atoms with E-state index in [1.54, 1.807) is 0 Å². The molecule has 8 N–H and O–H groups in total. The summed E-state index contributed by atoms with van der Waals surface area (Å²) in [6, 6.07) is 8.59. The van der Waals surface area contributed by atoms with E-state index in [0.717, 1.165) is 61.5 Å². The molecule has 1 amide bonds. The topological polar surface area (TPSA) is 400 Å². The van der Waals surface area contributed by atoms with Gasteiger partial charge in [-0.25, -0.2) is 12.6 Å². The average Bonchev–Trinajstić information content (AvgIpc) is 3.08. The van der Waals surface area contributed by atoms with E-state index in [1.165, 1.54) is 0 Å². The lowest BCUT2D eigenvalue weighted by Gasteiger charge is -2.14. The van der Waals surface area contributed by atoms with Crippen molar-refractivity contribution in [2.45, 2.75) is 26.5 Å². The maximum absolute atomic E-state index is 12.6. The van der Waals surface area contributed by atoms with Crippen molar-refractivity contribution in [3.63, 3.8) is 0 Å². The standard InChI is InChI=1S/C30H25N5O19S5/c1-14(36)31-22-13-19(56(42,43)44)9-16-11-25(58(48,49)50)28(30(39)26(16)22)34-32-17-2-4-20-15(8-17)10-24(57(45,46)47)27(29(20)38)35-33-21-12-18(3-5-23(21)37)55(40,41)7-6-54-59(51,52)53/h2-5,8-13,37-39H,6-7H2,1H3,(H,31,36)(H,42,43,44)(H,45,46,47)(H,48,49,50)(H,51,52,53)/b34-32+,35-33+. The number of rotatable bonds is 13. The number of amides is 1. The van der Waals surface area contributed by atoms with Crippen LogP contribution in [-0.4, -0.2) is 93.9 Å². The van der Waals surface area contributed by atoms with Crippen LogP contribution in [0.5, 0.6) is 17.2 Å². The van der Waals surface area contributed by atoms with E-state index in [-0.39, 0.29) is 16.5 Å². The Morgan fingerprint density at radius 2 is 1.24 bits per heavy atom. The molecule has 0 aliphatic heterocycles. The van der Waals surface area contributed by atoms with Crippen molar-refractivity contribution in [1.82, 2.24) is 0 Å². The van der Waals surface area contributed by atoms with E-state index in [9.17, 15) is 75.9 Å². The summed E-state index contributed by atoms with van der Waals surface area (Å²) in [7, 11) is -24.8. The molecule has 0 atom stereocenters. The second-order valence-electron chi connectivity index (χ2n) is 11.8. The second kappa shape index (κ2) is 15.8. The fraction of sp³-hybridized carbons (Fsp3) is 0.100. The lowest BCUT2D eigenvalue weighted by atomic mass is 10.1. The van der Waals surface area contributed by atoms with Crippen molar-refractivity contribution in [3.8, 4) is 17.2 Å². The number of benzene rings is 5. The van der Waals surface area contributed by atoms with E-state index >= 15 is 0 Å². The predicted molar refractivity (Wildman–Crippen MR) is 201 cm³/mol. The molecule has 29 heteroatoms. The quantitative estimate of drug-likeness (QED) is 0.0605. The van der Waals surface area contributed by atoms with Crippen molar-refractivity contribution in [2.24, 2.45) is 20.5 Å². The number of phenolic OH excluding ortho intramolecular Hbond substituents is 3. The normalized spacial score (nSPS) is 13.2. The van der Waals surface area contributed by atoms with Crippen LogP contribution in [0.1, 0.15) is 6.92 Å². The van der Waals surface area contributed by atoms with E-state index in [0.29, 0.717) is 6.07 Å². The summed E-state index contributed by atoms with van der Waals surface area (Å²) in [4.78, 5) is 8.26. The maximum Gasteiger partial charge on any atom is 0.397 e. The zero-order valence-electron chi connectivity index (χ0n) is 29.0. The van der Waals surface area contributed by atoms with Crippen LogP contribution in [0.15, 0.2) is 101 Å². The highest BCUT2D eigenvalue weighted by atomic mass is 32.3. The largest absolute Gasteiger partial charge is 0.506 e. The molecule has 0 saturated heterocycles. The summed E-state index contributed by atoms with van der Waals surface area (Å²) in [5, 5.41) is 48.2. The van der Waals surface area contributed by atoms with Gasteiger partial charge in [0.2, 0.25) is 5.91 Å². The zero-order chi connectivity index (χ0) is 44.0. The summed E-state index contributed by atoms with van der Waals surface area (Å²) < 4.78 is 162. The van der Waals surface area contributed by atoms with Gasteiger partial charge in [0.05, 0.1) is 33.5 Å². The fourth-order valence-electron chi connectivity index (χ4n) is 5.24. The Balaban J connectivity index is 1.61. The third kappa shape index (κ3) is 10.1.